The number of rotatable bonds is 23. The summed E-state index contributed by atoms with van der Waals surface area (Å²) in [5, 5.41) is 48.9. The minimum Gasteiger partial charge on any atom is -0.423 e. The first-order valence-corrected chi connectivity index (χ1v) is 27.4. The maximum atomic E-state index is 15.2. The molecule has 2 aliphatic rings. The maximum absolute atomic E-state index is 15.2. The summed E-state index contributed by atoms with van der Waals surface area (Å²) in [5.41, 5.74) is 12.5. The van der Waals surface area contributed by atoms with Crippen LogP contribution < -0.4 is 21.1 Å². The molecule has 6 aromatic carbocycles. The minimum atomic E-state index is -1.85. The summed E-state index contributed by atoms with van der Waals surface area (Å²) in [6, 6.07) is 29.4. The molecule has 0 unspecified atom stereocenters. The van der Waals surface area contributed by atoms with Gasteiger partial charge in [0.2, 0.25) is 5.91 Å². The molecule has 0 heterocycles. The average Bonchev–Trinajstić information content (AvgIpc) is 3.48. The van der Waals surface area contributed by atoms with Crippen molar-refractivity contribution < 1.29 is 43.0 Å². The Morgan fingerprint density at radius 1 is 0.675 bits per heavy atom. The van der Waals surface area contributed by atoms with E-state index in [9.17, 15) is 29.7 Å². The van der Waals surface area contributed by atoms with E-state index in [4.69, 9.17) is 0 Å². The number of anilines is 1. The van der Waals surface area contributed by atoms with Crippen molar-refractivity contribution in [1.29, 1.82) is 0 Å². The van der Waals surface area contributed by atoms with Crippen LogP contribution in [0.25, 0.3) is 27.1 Å². The zero-order valence-corrected chi connectivity index (χ0v) is 47.5. The smallest absolute Gasteiger partial charge is 0.423 e. The fourth-order valence-electron chi connectivity index (χ4n) is 11.3. The normalized spacial score (nSPS) is 13.7. The molecule has 0 bridgehead atoms. The van der Waals surface area contributed by atoms with Crippen LogP contribution in [0.5, 0.6) is 0 Å². The highest BCUT2D eigenvalue weighted by Crippen LogP contribution is 2.51. The fraction of sp³-hybridized carbons (Fsp3) is 0.308. The maximum Gasteiger partial charge on any atom is 0.488 e. The largest absolute Gasteiger partial charge is 0.488 e. The Balaban J connectivity index is 1.38. The predicted molar refractivity (Wildman–Crippen MR) is 322 cm³/mol. The van der Waals surface area contributed by atoms with Gasteiger partial charge in [-0.05, 0) is 182 Å². The van der Waals surface area contributed by atoms with Gasteiger partial charge in [0, 0.05) is 88.6 Å². The highest BCUT2D eigenvalue weighted by Gasteiger charge is 2.39. The van der Waals surface area contributed by atoms with E-state index in [1.807, 2.05) is 12.1 Å². The lowest BCUT2D eigenvalue weighted by Gasteiger charge is -2.39. The van der Waals surface area contributed by atoms with Gasteiger partial charge in [-0.15, -0.1) is 0 Å². The number of Topliss-reactive ketones (excluding diaryl/α,β-unsaturated/α-hetero) is 1. The summed E-state index contributed by atoms with van der Waals surface area (Å²) in [7, 11) is 4.51. The van der Waals surface area contributed by atoms with Crippen LogP contribution in [-0.2, 0) is 41.2 Å². The van der Waals surface area contributed by atoms with Gasteiger partial charge in [0.1, 0.15) is 25.7 Å². The van der Waals surface area contributed by atoms with Crippen LogP contribution in [0.4, 0.5) is 14.5 Å². The first-order chi connectivity index (χ1) is 38.0. The third kappa shape index (κ3) is 13.1. The topological polar surface area (TPSA) is 140 Å². The second-order valence-corrected chi connectivity index (χ2v) is 22.4. The Morgan fingerprint density at radius 3 is 1.80 bits per heavy atom. The van der Waals surface area contributed by atoms with Gasteiger partial charge in [0.25, 0.3) is 0 Å². The van der Waals surface area contributed by atoms with E-state index < -0.39 is 25.9 Å². The van der Waals surface area contributed by atoms with Crippen molar-refractivity contribution in [2.45, 2.75) is 85.0 Å². The third-order valence-corrected chi connectivity index (χ3v) is 15.7. The molecular weight excluding hydrogens is 1010 g/mol. The van der Waals surface area contributed by atoms with E-state index in [1.54, 1.807) is 13.8 Å². The molecule has 8 rings (SSSR count). The first kappa shape index (κ1) is 59.0. The van der Waals surface area contributed by atoms with E-state index in [2.05, 4.69) is 147 Å². The van der Waals surface area contributed by atoms with Gasteiger partial charge in [-0.3, -0.25) is 19.4 Å². The van der Waals surface area contributed by atoms with Crippen molar-refractivity contribution in [3.8, 4) is 0 Å². The molecule has 0 fully saturated rings. The zero-order chi connectivity index (χ0) is 57.7. The molecule has 11 nitrogen and oxygen atoms in total. The quantitative estimate of drug-likeness (QED) is 0.0141. The zero-order valence-electron chi connectivity index (χ0n) is 47.5. The van der Waals surface area contributed by atoms with E-state index in [0.29, 0.717) is 80.7 Å². The van der Waals surface area contributed by atoms with Crippen LogP contribution in [0.15, 0.2) is 151 Å². The Morgan fingerprint density at radius 2 is 1.25 bits per heavy atom. The van der Waals surface area contributed by atoms with Gasteiger partial charge in [0.05, 0.1) is 0 Å². The van der Waals surface area contributed by atoms with Crippen molar-refractivity contribution in [2.75, 3.05) is 52.7 Å². The minimum absolute atomic E-state index is 0.0121. The van der Waals surface area contributed by atoms with Gasteiger partial charge in [0.15, 0.2) is 11.5 Å². The number of halogens is 2. The molecule has 5 N–H and O–H groups in total. The van der Waals surface area contributed by atoms with Crippen molar-refractivity contribution in [1.82, 2.24) is 15.1 Å². The lowest BCUT2D eigenvalue weighted by Crippen LogP contribution is -2.37. The van der Waals surface area contributed by atoms with Gasteiger partial charge >= 0.3 is 14.2 Å². The van der Waals surface area contributed by atoms with Crippen LogP contribution >= 0.6 is 0 Å². The van der Waals surface area contributed by atoms with Crippen molar-refractivity contribution >= 4 is 75.4 Å². The number of carbonyl (C=O) groups excluding carboxylic acids is 2. The standard InChI is InChI=1S/C65H73B2F2N5O6/c1-41(2)62(75)18-13-14-30-73(37-44-32-46(68)20-27-60(44)66(77)78)40-57-51-17-12-11-16-50(51)56(39-74(31-15-29-70-64(76)42(3)4)38-45-33-47(69)21-28-61(45)67(79)80)52-24-19-43(34-55(52)57)63-53-25-22-48(71(7)8)35-58(53)65(5,6)59-36-49(72(9)10)23-26-54(59)63/h11-12,16-17,19-28,32-36,77-80H,1,3,13-15,18,29-31,37-40H2,2,4-10H3/p+1. The predicted octanol–water partition coefficient (Wildman–Crippen LogP) is 8.40. The number of nitrogens with one attached hydrogen (secondary N) is 1. The number of nitrogens with zero attached hydrogens (tertiary/aromatic N) is 4. The average molecular weight is 1080 g/mol. The number of hydrogen-bond donors (Lipinski definition) is 5. The van der Waals surface area contributed by atoms with E-state index in [-0.39, 0.29) is 41.1 Å². The molecule has 80 heavy (non-hydrogen) atoms. The highest BCUT2D eigenvalue weighted by atomic mass is 19.1. The van der Waals surface area contributed by atoms with Gasteiger partial charge < -0.3 is 30.3 Å². The Hall–Kier alpha value is -7.10. The Kier molecular flexibility index (Phi) is 18.6. The SMILES string of the molecule is C=C(C)C(=O)CCCCN(Cc1cc(F)ccc1B(O)O)Cc1c2ccccc2c(CN(CCCNC(=O)C(=C)C)Cc2cc(F)ccc2B(O)O)c2ccc(C3=C4C=CC(=[N+](C)C)C=C4C(C)(C)c4cc(N(C)C)ccc43)cc12. The van der Waals surface area contributed by atoms with E-state index in [0.717, 1.165) is 66.3 Å². The second kappa shape index (κ2) is 25.1. The van der Waals surface area contributed by atoms with Gasteiger partial charge in [-0.2, -0.15) is 0 Å². The highest BCUT2D eigenvalue weighted by molar-refractivity contribution is 6.59. The molecule has 1 amide bonds. The number of benzene rings is 6. The Bertz CT molecular complexity index is 3540. The van der Waals surface area contributed by atoms with Crippen LogP contribution in [0.3, 0.4) is 0 Å². The van der Waals surface area contributed by atoms with Crippen LogP contribution in [0, 0.1) is 11.6 Å². The molecule has 0 aliphatic heterocycles. The molecule has 2 aliphatic carbocycles. The lowest BCUT2D eigenvalue weighted by molar-refractivity contribution is -0.462. The molecule has 414 valence electrons. The number of ketones is 1. The first-order valence-electron chi connectivity index (χ1n) is 27.4. The third-order valence-electron chi connectivity index (χ3n) is 15.7. The number of allylic oxidation sites excluding steroid dienone is 6. The number of fused-ring (bicyclic) bond motifs is 4. The summed E-state index contributed by atoms with van der Waals surface area (Å²) in [4.78, 5) is 31.9. The molecular formula is C65H74B2F2N5O6+. The summed E-state index contributed by atoms with van der Waals surface area (Å²) < 4.78 is 32.5. The monoisotopic (exact) mass is 1080 g/mol. The van der Waals surface area contributed by atoms with Crippen LogP contribution in [-0.4, -0.2) is 114 Å². The van der Waals surface area contributed by atoms with Crippen LogP contribution in [0.2, 0.25) is 0 Å². The van der Waals surface area contributed by atoms with E-state index >= 15 is 8.78 Å². The second-order valence-electron chi connectivity index (χ2n) is 22.4. The number of hydrogen-bond acceptors (Lipinski definition) is 9. The Labute approximate surface area is 470 Å². The van der Waals surface area contributed by atoms with Crippen molar-refractivity contribution in [3.63, 3.8) is 0 Å². The molecule has 0 aromatic heterocycles. The fourth-order valence-corrected chi connectivity index (χ4v) is 11.3. The molecule has 6 aromatic rings. The number of carbonyl (C=O) groups is 2. The van der Waals surface area contributed by atoms with Gasteiger partial charge in [-0.1, -0.05) is 81.6 Å². The van der Waals surface area contributed by atoms with Crippen molar-refractivity contribution in [3.05, 3.63) is 201 Å². The number of unbranched alkanes of at least 4 members (excludes halogenated alkanes) is 1. The molecule has 15 heteroatoms. The number of amides is 1. The summed E-state index contributed by atoms with van der Waals surface area (Å²) in [6.07, 6.45) is 8.72. The summed E-state index contributed by atoms with van der Waals surface area (Å²) in [6.45, 7) is 17.8. The van der Waals surface area contributed by atoms with Crippen molar-refractivity contribution in [2.24, 2.45) is 0 Å². The molecule has 0 radical (unpaired) electrons. The lowest BCUT2D eigenvalue weighted by atomic mass is 9.64. The molecule has 0 atom stereocenters. The summed E-state index contributed by atoms with van der Waals surface area (Å²) in [5.74, 6) is -1.29. The molecule has 0 saturated heterocycles. The summed E-state index contributed by atoms with van der Waals surface area (Å²) >= 11 is 0. The van der Waals surface area contributed by atoms with Gasteiger partial charge in [-0.25, -0.2) is 13.4 Å². The molecule has 0 spiro atoms. The van der Waals surface area contributed by atoms with Crippen LogP contribution in [0.1, 0.15) is 92.3 Å². The van der Waals surface area contributed by atoms with E-state index in [1.165, 1.54) is 47.5 Å². The molecule has 0 saturated carbocycles.